The lowest BCUT2D eigenvalue weighted by molar-refractivity contribution is 0.0830. The van der Waals surface area contributed by atoms with Crippen LogP contribution in [0.4, 0.5) is 0 Å². The Hall–Kier alpha value is -1.11. The van der Waals surface area contributed by atoms with E-state index in [-0.39, 0.29) is 9.92 Å². The third-order valence-corrected chi connectivity index (χ3v) is 4.53. The molecule has 0 fully saturated rings. The zero-order chi connectivity index (χ0) is 12.9. The zero-order valence-electron chi connectivity index (χ0n) is 9.68. The maximum absolute atomic E-state index is 11.6. The quantitative estimate of drug-likeness (QED) is 0.799. The van der Waals surface area contributed by atoms with Crippen LogP contribution in [0, 0.1) is 0 Å². The Morgan fingerprint density at radius 2 is 2.22 bits per heavy atom. The molecular weight excluding hydrogens is 276 g/mol. The standard InChI is InChI=1S/C11H11ClN2O3S/c1-18(15,16)10-5-8-9(4-7(10)12)14-2-3-17-6-11(14)13-8/h4-5H,2-3,6H2,1H3. The minimum atomic E-state index is -3.34. The van der Waals surface area contributed by atoms with Crippen LogP contribution in [0.15, 0.2) is 17.0 Å². The van der Waals surface area contributed by atoms with Crippen molar-refractivity contribution in [2.45, 2.75) is 18.0 Å². The van der Waals surface area contributed by atoms with Crippen LogP contribution in [0.1, 0.15) is 5.82 Å². The molecule has 3 rings (SSSR count). The molecule has 96 valence electrons. The first-order valence-corrected chi connectivity index (χ1v) is 7.70. The van der Waals surface area contributed by atoms with E-state index in [2.05, 4.69) is 4.98 Å². The third kappa shape index (κ3) is 1.81. The van der Waals surface area contributed by atoms with Gasteiger partial charge in [0.1, 0.15) is 12.4 Å². The molecule has 0 spiro atoms. The van der Waals surface area contributed by atoms with Crippen molar-refractivity contribution in [2.75, 3.05) is 12.9 Å². The minimum absolute atomic E-state index is 0.119. The largest absolute Gasteiger partial charge is 0.372 e. The molecular formula is C11H11ClN2O3S. The molecule has 0 saturated heterocycles. The normalized spacial score (nSPS) is 15.9. The summed E-state index contributed by atoms with van der Waals surface area (Å²) in [5.41, 5.74) is 1.49. The summed E-state index contributed by atoms with van der Waals surface area (Å²) in [6, 6.07) is 3.19. The van der Waals surface area contributed by atoms with Crippen molar-refractivity contribution in [1.29, 1.82) is 0 Å². The second kappa shape index (κ2) is 3.94. The molecule has 1 aliphatic heterocycles. The summed E-state index contributed by atoms with van der Waals surface area (Å²) in [4.78, 5) is 4.50. The number of sulfone groups is 1. The third-order valence-electron chi connectivity index (χ3n) is 2.97. The van der Waals surface area contributed by atoms with Gasteiger partial charge in [0.05, 0.1) is 27.6 Å². The lowest BCUT2D eigenvalue weighted by Crippen LogP contribution is -2.16. The number of hydrogen-bond acceptors (Lipinski definition) is 4. The predicted molar refractivity (Wildman–Crippen MR) is 67.5 cm³/mol. The molecule has 0 unspecified atom stereocenters. The zero-order valence-corrected chi connectivity index (χ0v) is 11.3. The molecule has 7 heteroatoms. The fraction of sp³-hybridized carbons (Fsp3) is 0.364. The summed E-state index contributed by atoms with van der Waals surface area (Å²) in [6.45, 7) is 1.78. The van der Waals surface area contributed by atoms with E-state index in [1.807, 2.05) is 4.57 Å². The minimum Gasteiger partial charge on any atom is -0.372 e. The Kier molecular flexibility index (Phi) is 2.62. The maximum atomic E-state index is 11.6. The molecule has 0 atom stereocenters. The second-order valence-electron chi connectivity index (χ2n) is 4.28. The van der Waals surface area contributed by atoms with Gasteiger partial charge < -0.3 is 9.30 Å². The van der Waals surface area contributed by atoms with Gasteiger partial charge in [-0.2, -0.15) is 0 Å². The molecule has 2 aromatic rings. The van der Waals surface area contributed by atoms with Gasteiger partial charge in [-0.3, -0.25) is 0 Å². The smallest absolute Gasteiger partial charge is 0.177 e. The van der Waals surface area contributed by atoms with Crippen LogP contribution in [-0.2, 0) is 27.7 Å². The lowest BCUT2D eigenvalue weighted by Gasteiger charge is -2.14. The first-order valence-electron chi connectivity index (χ1n) is 5.43. The monoisotopic (exact) mass is 286 g/mol. The van der Waals surface area contributed by atoms with Crippen molar-refractivity contribution < 1.29 is 13.2 Å². The highest BCUT2D eigenvalue weighted by molar-refractivity contribution is 7.90. The Bertz CT molecular complexity index is 736. The molecule has 1 aromatic heterocycles. The van der Waals surface area contributed by atoms with E-state index in [1.54, 1.807) is 6.07 Å². The summed E-state index contributed by atoms with van der Waals surface area (Å²) in [6.07, 6.45) is 1.14. The van der Waals surface area contributed by atoms with Crippen LogP contribution >= 0.6 is 11.6 Å². The second-order valence-corrected chi connectivity index (χ2v) is 6.67. The molecule has 0 amide bonds. The summed E-state index contributed by atoms with van der Waals surface area (Å²) >= 11 is 6.04. The number of halogens is 1. The molecule has 0 radical (unpaired) electrons. The summed E-state index contributed by atoms with van der Waals surface area (Å²) in [7, 11) is -3.34. The predicted octanol–water partition coefficient (Wildman–Crippen LogP) is 1.62. The van der Waals surface area contributed by atoms with Crippen molar-refractivity contribution in [3.05, 3.63) is 23.0 Å². The first-order chi connectivity index (χ1) is 8.47. The van der Waals surface area contributed by atoms with E-state index >= 15 is 0 Å². The van der Waals surface area contributed by atoms with Crippen molar-refractivity contribution in [2.24, 2.45) is 0 Å². The van der Waals surface area contributed by atoms with E-state index in [1.165, 1.54) is 6.07 Å². The van der Waals surface area contributed by atoms with Crippen molar-refractivity contribution in [1.82, 2.24) is 9.55 Å². The van der Waals surface area contributed by atoms with Gasteiger partial charge in [0.2, 0.25) is 0 Å². The van der Waals surface area contributed by atoms with E-state index < -0.39 is 9.84 Å². The number of fused-ring (bicyclic) bond motifs is 3. The maximum Gasteiger partial charge on any atom is 0.177 e. The number of hydrogen-bond donors (Lipinski definition) is 0. The van der Waals surface area contributed by atoms with E-state index in [9.17, 15) is 8.42 Å². The number of nitrogens with zero attached hydrogens (tertiary/aromatic N) is 2. The number of rotatable bonds is 1. The fourth-order valence-corrected chi connectivity index (χ4v) is 3.46. The van der Waals surface area contributed by atoms with Crippen molar-refractivity contribution >= 4 is 32.5 Å². The van der Waals surface area contributed by atoms with Crippen LogP contribution in [-0.4, -0.2) is 30.8 Å². The van der Waals surface area contributed by atoms with Crippen LogP contribution in [0.5, 0.6) is 0 Å². The van der Waals surface area contributed by atoms with Gasteiger partial charge in [0.15, 0.2) is 9.84 Å². The number of aromatic nitrogens is 2. The van der Waals surface area contributed by atoms with Gasteiger partial charge in [-0.1, -0.05) is 11.6 Å². The van der Waals surface area contributed by atoms with Crippen molar-refractivity contribution in [3.8, 4) is 0 Å². The number of ether oxygens (including phenoxy) is 1. The summed E-state index contributed by atoms with van der Waals surface area (Å²) in [5.74, 6) is 0.804. The van der Waals surface area contributed by atoms with Gasteiger partial charge in [0.25, 0.3) is 0 Å². The molecule has 2 heterocycles. The van der Waals surface area contributed by atoms with Gasteiger partial charge in [-0.05, 0) is 12.1 Å². The SMILES string of the molecule is CS(=O)(=O)c1cc2nc3n(c2cc1Cl)CCOC3. The van der Waals surface area contributed by atoms with E-state index in [0.717, 1.165) is 17.6 Å². The van der Waals surface area contributed by atoms with Gasteiger partial charge in [-0.15, -0.1) is 0 Å². The van der Waals surface area contributed by atoms with Crippen LogP contribution in [0.25, 0.3) is 11.0 Å². The van der Waals surface area contributed by atoms with Crippen molar-refractivity contribution in [3.63, 3.8) is 0 Å². The van der Waals surface area contributed by atoms with E-state index in [0.29, 0.717) is 25.3 Å². The van der Waals surface area contributed by atoms with Gasteiger partial charge in [-0.25, -0.2) is 13.4 Å². The summed E-state index contributed by atoms with van der Waals surface area (Å²) < 4.78 is 30.5. The highest BCUT2D eigenvalue weighted by Gasteiger charge is 2.19. The number of imidazole rings is 1. The average Bonchev–Trinajstić information content (AvgIpc) is 2.65. The van der Waals surface area contributed by atoms with Gasteiger partial charge in [0, 0.05) is 12.8 Å². The molecule has 1 aromatic carbocycles. The molecule has 1 aliphatic rings. The molecule has 0 saturated carbocycles. The Balaban J connectivity index is 2.32. The molecule has 0 bridgehead atoms. The lowest BCUT2D eigenvalue weighted by atomic mass is 10.3. The topological polar surface area (TPSA) is 61.2 Å². The first kappa shape index (κ1) is 12.0. The molecule has 5 nitrogen and oxygen atoms in total. The molecule has 18 heavy (non-hydrogen) atoms. The number of benzene rings is 1. The highest BCUT2D eigenvalue weighted by Crippen LogP contribution is 2.29. The Morgan fingerprint density at radius 1 is 1.44 bits per heavy atom. The molecule has 0 N–H and O–H groups in total. The Labute approximate surface area is 109 Å². The van der Waals surface area contributed by atoms with Crippen LogP contribution in [0.2, 0.25) is 5.02 Å². The highest BCUT2D eigenvalue weighted by atomic mass is 35.5. The molecule has 0 aliphatic carbocycles. The average molecular weight is 287 g/mol. The van der Waals surface area contributed by atoms with Gasteiger partial charge >= 0.3 is 0 Å². The fourth-order valence-electron chi connectivity index (χ4n) is 2.14. The van der Waals surface area contributed by atoms with E-state index in [4.69, 9.17) is 16.3 Å². The van der Waals surface area contributed by atoms with Crippen LogP contribution in [0.3, 0.4) is 0 Å². The summed E-state index contributed by atoms with van der Waals surface area (Å²) in [5, 5.41) is 0.235. The Morgan fingerprint density at radius 3 is 2.94 bits per heavy atom. The van der Waals surface area contributed by atoms with Crippen LogP contribution < -0.4 is 0 Å².